The predicted molar refractivity (Wildman–Crippen MR) is 69.5 cm³/mol. The van der Waals surface area contributed by atoms with Gasteiger partial charge in [-0.25, -0.2) is 0 Å². The third-order valence-corrected chi connectivity index (χ3v) is 3.31. The molecule has 0 aliphatic carbocycles. The van der Waals surface area contributed by atoms with Crippen LogP contribution in [-0.2, 0) is 4.74 Å². The van der Waals surface area contributed by atoms with Crippen LogP contribution in [0.25, 0.3) is 0 Å². The van der Waals surface area contributed by atoms with Crippen LogP contribution in [0.1, 0.15) is 0 Å². The van der Waals surface area contributed by atoms with Gasteiger partial charge in [0.2, 0.25) is 0 Å². The minimum absolute atomic E-state index is 0.0123. The first-order chi connectivity index (χ1) is 9.43. The van der Waals surface area contributed by atoms with Gasteiger partial charge in [-0.05, 0) is 12.1 Å². The van der Waals surface area contributed by atoms with E-state index in [2.05, 4.69) is 5.32 Å². The lowest BCUT2D eigenvalue weighted by molar-refractivity contribution is -0.384. The summed E-state index contributed by atoms with van der Waals surface area (Å²) in [6.07, 6.45) is -4.39. The zero-order valence-electron chi connectivity index (χ0n) is 10.1. The van der Waals surface area contributed by atoms with E-state index >= 15 is 0 Å². The highest BCUT2D eigenvalue weighted by molar-refractivity contribution is 6.32. The number of ether oxygens (including phenoxy) is 1. The Hall–Kier alpha value is -1.45. The van der Waals surface area contributed by atoms with Gasteiger partial charge in [-0.3, -0.25) is 10.1 Å². The van der Waals surface area contributed by atoms with Crippen molar-refractivity contribution < 1.29 is 25.0 Å². The molecular weight excluding hydrogens is 292 g/mol. The van der Waals surface area contributed by atoms with Crippen LogP contribution in [0.2, 0.25) is 5.02 Å². The van der Waals surface area contributed by atoms with Crippen molar-refractivity contribution in [3.63, 3.8) is 0 Å². The van der Waals surface area contributed by atoms with E-state index in [1.54, 1.807) is 0 Å². The highest BCUT2D eigenvalue weighted by Gasteiger charge is 2.42. The van der Waals surface area contributed by atoms with Crippen molar-refractivity contribution in [2.75, 3.05) is 11.9 Å². The van der Waals surface area contributed by atoms with Crippen molar-refractivity contribution >= 4 is 23.0 Å². The Balaban J connectivity index is 2.15. The van der Waals surface area contributed by atoms with Gasteiger partial charge in [-0.15, -0.1) is 0 Å². The smallest absolute Gasteiger partial charge is 0.289 e. The molecule has 0 bridgehead atoms. The van der Waals surface area contributed by atoms with Crippen molar-refractivity contribution in [2.24, 2.45) is 0 Å². The van der Waals surface area contributed by atoms with E-state index in [0.29, 0.717) is 5.69 Å². The number of aliphatic hydroxyl groups excluding tert-OH is 3. The molecule has 1 saturated heterocycles. The molecule has 110 valence electrons. The first kappa shape index (κ1) is 14.9. The number of nitro groups is 1. The zero-order valence-corrected chi connectivity index (χ0v) is 10.9. The highest BCUT2D eigenvalue weighted by atomic mass is 35.5. The second-order valence-corrected chi connectivity index (χ2v) is 4.73. The van der Waals surface area contributed by atoms with E-state index in [0.717, 1.165) is 0 Å². The Morgan fingerprint density at radius 1 is 1.40 bits per heavy atom. The van der Waals surface area contributed by atoms with E-state index in [4.69, 9.17) is 21.4 Å². The fraction of sp³-hybridized carbons (Fsp3) is 0.455. The summed E-state index contributed by atoms with van der Waals surface area (Å²) in [6.45, 7) is -0.447. The van der Waals surface area contributed by atoms with Crippen molar-refractivity contribution in [1.82, 2.24) is 0 Å². The molecule has 1 aromatic rings. The van der Waals surface area contributed by atoms with Gasteiger partial charge in [0, 0.05) is 11.8 Å². The lowest BCUT2D eigenvalue weighted by atomic mass is 10.1. The van der Waals surface area contributed by atoms with Gasteiger partial charge < -0.3 is 25.4 Å². The SMILES string of the molecule is O=[N+]([O-])c1cc(N[C@H]2O[C@@H](CO)[C@@H](O)[C@H]2O)ccc1Cl. The number of nitro benzene ring substituents is 1. The second kappa shape index (κ2) is 5.90. The largest absolute Gasteiger partial charge is 0.394 e. The Morgan fingerprint density at radius 3 is 2.65 bits per heavy atom. The fourth-order valence-corrected chi connectivity index (χ4v) is 2.11. The van der Waals surface area contributed by atoms with Crippen LogP contribution < -0.4 is 5.32 Å². The summed E-state index contributed by atoms with van der Waals surface area (Å²) in [5, 5.41) is 41.7. The van der Waals surface area contributed by atoms with Crippen LogP contribution in [0.3, 0.4) is 0 Å². The molecule has 0 spiro atoms. The molecule has 0 saturated carbocycles. The molecule has 0 aromatic heterocycles. The Kier molecular flexibility index (Phi) is 4.41. The number of anilines is 1. The maximum absolute atomic E-state index is 10.8. The number of nitrogens with one attached hydrogen (secondary N) is 1. The number of hydrogen-bond donors (Lipinski definition) is 4. The topological polar surface area (TPSA) is 125 Å². The van der Waals surface area contributed by atoms with Crippen molar-refractivity contribution in [3.05, 3.63) is 33.3 Å². The summed E-state index contributed by atoms with van der Waals surface area (Å²) >= 11 is 5.68. The van der Waals surface area contributed by atoms with Gasteiger partial charge in [0.15, 0.2) is 6.23 Å². The van der Waals surface area contributed by atoms with E-state index in [1.807, 2.05) is 0 Å². The standard InChI is InChI=1S/C11H13ClN2O6/c12-6-2-1-5(3-7(6)14(18)19)13-11-10(17)9(16)8(4-15)20-11/h1-3,8-11,13,15-17H,4H2/t8-,9+,10+,11-/m0/s1. The van der Waals surface area contributed by atoms with Crippen LogP contribution in [0, 0.1) is 10.1 Å². The van der Waals surface area contributed by atoms with E-state index < -0.39 is 36.1 Å². The quantitative estimate of drug-likeness (QED) is 0.459. The molecule has 4 N–H and O–H groups in total. The number of nitrogens with zero attached hydrogens (tertiary/aromatic N) is 1. The molecule has 0 amide bonds. The van der Waals surface area contributed by atoms with Crippen LogP contribution in [0.4, 0.5) is 11.4 Å². The van der Waals surface area contributed by atoms with Crippen LogP contribution in [0.5, 0.6) is 0 Å². The van der Waals surface area contributed by atoms with Gasteiger partial charge in [-0.2, -0.15) is 0 Å². The summed E-state index contributed by atoms with van der Waals surface area (Å²) in [5.41, 5.74) is 0.0133. The van der Waals surface area contributed by atoms with Gasteiger partial charge in [0.1, 0.15) is 23.3 Å². The molecular formula is C11H13ClN2O6. The number of halogens is 1. The molecule has 9 heteroatoms. The minimum Gasteiger partial charge on any atom is -0.394 e. The molecule has 2 rings (SSSR count). The average molecular weight is 305 g/mol. The molecule has 8 nitrogen and oxygen atoms in total. The molecule has 0 radical (unpaired) electrons. The Morgan fingerprint density at radius 2 is 2.10 bits per heavy atom. The molecule has 1 aliphatic heterocycles. The molecule has 4 atom stereocenters. The zero-order chi connectivity index (χ0) is 14.9. The maximum Gasteiger partial charge on any atom is 0.289 e. The summed E-state index contributed by atoms with van der Waals surface area (Å²) in [7, 11) is 0. The molecule has 1 aromatic carbocycles. The van der Waals surface area contributed by atoms with Crippen LogP contribution >= 0.6 is 11.6 Å². The second-order valence-electron chi connectivity index (χ2n) is 4.33. The molecule has 1 fully saturated rings. The number of hydrogen-bond acceptors (Lipinski definition) is 7. The van der Waals surface area contributed by atoms with Gasteiger partial charge in [0.25, 0.3) is 5.69 Å². The Bertz CT molecular complexity index is 514. The summed E-state index contributed by atoms with van der Waals surface area (Å²) in [5.74, 6) is 0. The molecule has 1 heterocycles. The number of rotatable bonds is 4. The predicted octanol–water partition coefficient (Wildman–Crippen LogP) is 0.0991. The minimum atomic E-state index is -1.26. The highest BCUT2D eigenvalue weighted by Crippen LogP contribution is 2.29. The van der Waals surface area contributed by atoms with Gasteiger partial charge in [-0.1, -0.05) is 11.6 Å². The molecule has 0 unspecified atom stereocenters. The third kappa shape index (κ3) is 2.84. The fourth-order valence-electron chi connectivity index (χ4n) is 1.93. The lowest BCUT2D eigenvalue weighted by Gasteiger charge is -2.17. The average Bonchev–Trinajstić information content (AvgIpc) is 2.68. The summed E-state index contributed by atoms with van der Waals surface area (Å²) in [6, 6.07) is 4.00. The summed E-state index contributed by atoms with van der Waals surface area (Å²) < 4.78 is 5.21. The third-order valence-electron chi connectivity index (χ3n) is 2.99. The van der Waals surface area contributed by atoms with Crippen LogP contribution in [-0.4, -0.2) is 51.4 Å². The van der Waals surface area contributed by atoms with Crippen LogP contribution in [0.15, 0.2) is 18.2 Å². The normalized spacial score (nSPS) is 29.4. The Labute approximate surface area is 118 Å². The molecule has 20 heavy (non-hydrogen) atoms. The molecule has 1 aliphatic rings. The van der Waals surface area contributed by atoms with Crippen molar-refractivity contribution in [1.29, 1.82) is 0 Å². The van der Waals surface area contributed by atoms with Gasteiger partial charge >= 0.3 is 0 Å². The first-order valence-electron chi connectivity index (χ1n) is 5.77. The van der Waals surface area contributed by atoms with Gasteiger partial charge in [0.05, 0.1) is 11.5 Å². The van der Waals surface area contributed by atoms with E-state index in [1.165, 1.54) is 18.2 Å². The van der Waals surface area contributed by atoms with Crippen molar-refractivity contribution in [3.8, 4) is 0 Å². The first-order valence-corrected chi connectivity index (χ1v) is 6.14. The lowest BCUT2D eigenvalue weighted by Crippen LogP contribution is -2.36. The van der Waals surface area contributed by atoms with E-state index in [9.17, 15) is 20.3 Å². The van der Waals surface area contributed by atoms with Crippen molar-refractivity contribution in [2.45, 2.75) is 24.5 Å². The number of benzene rings is 1. The maximum atomic E-state index is 10.8. The summed E-state index contributed by atoms with van der Waals surface area (Å²) in [4.78, 5) is 10.1. The van der Waals surface area contributed by atoms with E-state index in [-0.39, 0.29) is 10.7 Å². The number of aliphatic hydroxyl groups is 3. The monoisotopic (exact) mass is 304 g/mol.